The van der Waals surface area contributed by atoms with E-state index in [1.807, 2.05) is 6.07 Å². The van der Waals surface area contributed by atoms with Gasteiger partial charge in [0.25, 0.3) is 11.8 Å². The van der Waals surface area contributed by atoms with Gasteiger partial charge in [-0.3, -0.25) is 9.59 Å². The summed E-state index contributed by atoms with van der Waals surface area (Å²) in [6.45, 7) is -2.09. The zero-order valence-electron chi connectivity index (χ0n) is 22.3. The summed E-state index contributed by atoms with van der Waals surface area (Å²) in [7, 11) is 0. The molecule has 2 aromatic heterocycles. The van der Waals surface area contributed by atoms with Gasteiger partial charge in [-0.1, -0.05) is 12.1 Å². The third-order valence-corrected chi connectivity index (χ3v) is 7.39. The maximum Gasteiger partial charge on any atom is 0.422 e. The Labute approximate surface area is 240 Å². The number of fused-ring (bicyclic) bond motifs is 1. The topological polar surface area (TPSA) is 122 Å². The van der Waals surface area contributed by atoms with Crippen LogP contribution < -0.4 is 15.4 Å². The first-order valence-electron chi connectivity index (χ1n) is 13.2. The van der Waals surface area contributed by atoms with E-state index in [9.17, 15) is 35.9 Å². The van der Waals surface area contributed by atoms with E-state index in [1.54, 1.807) is 12.1 Å². The van der Waals surface area contributed by atoms with Crippen LogP contribution in [0.3, 0.4) is 0 Å². The van der Waals surface area contributed by atoms with Gasteiger partial charge in [0.05, 0.1) is 22.2 Å². The number of nitriles is 1. The van der Waals surface area contributed by atoms with Crippen LogP contribution in [0.4, 0.5) is 26.3 Å². The number of alkyl halides is 6. The van der Waals surface area contributed by atoms with Gasteiger partial charge in [-0.25, -0.2) is 9.67 Å². The highest BCUT2D eigenvalue weighted by molar-refractivity contribution is 6.08. The zero-order chi connectivity index (χ0) is 31.0. The minimum absolute atomic E-state index is 0.0487. The van der Waals surface area contributed by atoms with Crippen LogP contribution in [0.1, 0.15) is 56.9 Å². The van der Waals surface area contributed by atoms with E-state index in [0.717, 1.165) is 4.68 Å². The van der Waals surface area contributed by atoms with E-state index in [1.165, 1.54) is 30.5 Å². The molecule has 15 heteroatoms. The molecule has 1 saturated carbocycles. The monoisotopic (exact) mass is 606 g/mol. The smallest absolute Gasteiger partial charge is 0.422 e. The van der Waals surface area contributed by atoms with Crippen LogP contribution in [0.5, 0.6) is 5.75 Å². The summed E-state index contributed by atoms with van der Waals surface area (Å²) in [5.41, 5.74) is -1.27. The highest BCUT2D eigenvalue weighted by Gasteiger charge is 2.63. The van der Waals surface area contributed by atoms with Crippen molar-refractivity contribution in [3.05, 3.63) is 70.7 Å². The Kier molecular flexibility index (Phi) is 7.80. The van der Waals surface area contributed by atoms with Gasteiger partial charge in [-0.15, -0.1) is 0 Å². The highest BCUT2D eigenvalue weighted by atomic mass is 19.4. The lowest BCUT2D eigenvalue weighted by Gasteiger charge is -2.23. The van der Waals surface area contributed by atoms with Crippen molar-refractivity contribution in [1.29, 1.82) is 5.26 Å². The van der Waals surface area contributed by atoms with Crippen LogP contribution in [-0.4, -0.2) is 58.1 Å². The number of hydrogen-bond donors (Lipinski definition) is 2. The first kappa shape index (κ1) is 29.9. The molecular formula is C28H24F6N6O3. The lowest BCUT2D eigenvalue weighted by atomic mass is 9.95. The third kappa shape index (κ3) is 6.58. The molecule has 1 aliphatic heterocycles. The van der Waals surface area contributed by atoms with Crippen molar-refractivity contribution >= 4 is 11.8 Å². The molecule has 0 saturated heterocycles. The lowest BCUT2D eigenvalue weighted by molar-refractivity contribution is -0.184. The molecule has 3 aromatic rings. The summed E-state index contributed by atoms with van der Waals surface area (Å²) in [4.78, 5) is 30.7. The molecule has 226 valence electrons. The number of carbonyl (C=O) groups excluding carboxylic acids is 2. The van der Waals surface area contributed by atoms with E-state index in [4.69, 9.17) is 10.00 Å². The summed E-state index contributed by atoms with van der Waals surface area (Å²) >= 11 is 0. The van der Waals surface area contributed by atoms with Crippen LogP contribution in [0.2, 0.25) is 0 Å². The van der Waals surface area contributed by atoms with Crippen molar-refractivity contribution in [3.63, 3.8) is 0 Å². The number of rotatable bonds is 9. The molecule has 1 aromatic carbocycles. The predicted octanol–water partition coefficient (Wildman–Crippen LogP) is 4.44. The van der Waals surface area contributed by atoms with Crippen molar-refractivity contribution < 1.29 is 40.7 Å². The van der Waals surface area contributed by atoms with Crippen LogP contribution in [0, 0.1) is 16.7 Å². The van der Waals surface area contributed by atoms with Crippen molar-refractivity contribution in [2.45, 2.75) is 50.5 Å². The minimum Gasteiger partial charge on any atom is -0.484 e. The van der Waals surface area contributed by atoms with Gasteiger partial charge in [-0.2, -0.15) is 36.7 Å². The molecular weight excluding hydrogens is 582 g/mol. The summed E-state index contributed by atoms with van der Waals surface area (Å²) in [6, 6.07) is 10.4. The molecule has 2 aliphatic rings. The predicted molar refractivity (Wildman–Crippen MR) is 137 cm³/mol. The third-order valence-electron chi connectivity index (χ3n) is 7.39. The molecule has 2 amide bonds. The second kappa shape index (κ2) is 11.2. The van der Waals surface area contributed by atoms with Crippen LogP contribution >= 0.6 is 0 Å². The number of aromatic nitrogens is 3. The number of amides is 2. The van der Waals surface area contributed by atoms with Crippen molar-refractivity contribution in [2.24, 2.45) is 5.41 Å². The van der Waals surface area contributed by atoms with E-state index >= 15 is 0 Å². The Balaban J connectivity index is 1.36. The number of pyridine rings is 1. The van der Waals surface area contributed by atoms with Gasteiger partial charge in [0.15, 0.2) is 12.4 Å². The van der Waals surface area contributed by atoms with Crippen molar-refractivity contribution in [3.8, 4) is 17.6 Å². The average molecular weight is 607 g/mol. The second-order valence-corrected chi connectivity index (χ2v) is 10.5. The second-order valence-electron chi connectivity index (χ2n) is 10.5. The van der Waals surface area contributed by atoms with Crippen LogP contribution in [0.25, 0.3) is 5.82 Å². The Morgan fingerprint density at radius 3 is 2.58 bits per heavy atom. The molecule has 1 fully saturated rings. The number of hydrogen-bond acceptors (Lipinski definition) is 6. The van der Waals surface area contributed by atoms with E-state index < -0.39 is 48.8 Å². The normalized spacial score (nSPS) is 17.4. The summed E-state index contributed by atoms with van der Waals surface area (Å²) in [5.74, 6) is -1.46. The number of aryl methyl sites for hydroxylation is 1. The summed E-state index contributed by atoms with van der Waals surface area (Å²) in [5, 5.41) is 18.6. The Hall–Kier alpha value is -4.61. The van der Waals surface area contributed by atoms with Crippen molar-refractivity contribution in [2.75, 3.05) is 13.2 Å². The lowest BCUT2D eigenvalue weighted by Crippen LogP contribution is -2.43. The molecule has 2 N–H and O–H groups in total. The van der Waals surface area contributed by atoms with Gasteiger partial charge < -0.3 is 15.4 Å². The van der Waals surface area contributed by atoms with Crippen LogP contribution in [0.15, 0.2) is 42.6 Å². The number of nitrogens with one attached hydrogen (secondary N) is 2. The molecule has 0 unspecified atom stereocenters. The van der Waals surface area contributed by atoms with Gasteiger partial charge in [0, 0.05) is 25.2 Å². The maximum atomic E-state index is 13.5. The molecule has 0 spiro atoms. The molecule has 43 heavy (non-hydrogen) atoms. The largest absolute Gasteiger partial charge is 0.484 e. The average Bonchev–Trinajstić information content (AvgIpc) is 3.67. The fraction of sp³-hybridized carbons (Fsp3) is 0.393. The number of ether oxygens (including phenoxy) is 1. The number of carbonyl (C=O) groups is 2. The molecule has 1 atom stereocenters. The quantitative estimate of drug-likeness (QED) is 0.348. The Morgan fingerprint density at radius 1 is 1.19 bits per heavy atom. The molecule has 5 rings (SSSR count). The molecule has 9 nitrogen and oxygen atoms in total. The van der Waals surface area contributed by atoms with Gasteiger partial charge in [-0.05, 0) is 55.5 Å². The first-order valence-corrected chi connectivity index (χ1v) is 13.2. The van der Waals surface area contributed by atoms with Gasteiger partial charge >= 0.3 is 12.4 Å². The molecule has 0 radical (unpaired) electrons. The Bertz CT molecular complexity index is 1570. The summed E-state index contributed by atoms with van der Waals surface area (Å²) in [6.07, 6.45) is -7.08. The van der Waals surface area contributed by atoms with E-state index in [-0.39, 0.29) is 53.3 Å². The summed E-state index contributed by atoms with van der Waals surface area (Å²) < 4.78 is 83.8. The van der Waals surface area contributed by atoms with Gasteiger partial charge in [0.2, 0.25) is 0 Å². The fourth-order valence-corrected chi connectivity index (χ4v) is 4.86. The molecule has 0 bridgehead atoms. The van der Waals surface area contributed by atoms with Crippen LogP contribution in [-0.2, 0) is 12.8 Å². The highest BCUT2D eigenvalue weighted by Crippen LogP contribution is 2.57. The van der Waals surface area contributed by atoms with Gasteiger partial charge in [0.1, 0.15) is 17.5 Å². The standard InChI is InChI=1S/C28H24F6N6O3/c29-27(30,31)15-43-19-3-1-2-16(10-19)4-6-18-11-20-22(24(41)38-18)23(25(42)37-14-26(8-9-26)28(32,33)34)40(39-20)21-7-5-17(12-35)13-36-21/h1-3,5,7,10,13,18H,4,6,8-9,11,14-15H2,(H,37,42)(H,38,41)/t18-/m0/s1. The van der Waals surface area contributed by atoms with E-state index in [2.05, 4.69) is 20.7 Å². The molecule has 3 heterocycles. The molecule has 1 aliphatic carbocycles. The SMILES string of the molecule is N#Cc1ccc(-n2nc3c(c2C(=O)NCC2(C(F)(F)F)CC2)C(=O)N[C@@H](CCc2cccc(OCC(F)(F)F)c2)C3)nc1. The minimum atomic E-state index is -4.50. The zero-order valence-corrected chi connectivity index (χ0v) is 22.3. The Morgan fingerprint density at radius 2 is 1.95 bits per heavy atom. The van der Waals surface area contributed by atoms with Crippen molar-refractivity contribution in [1.82, 2.24) is 25.4 Å². The number of nitrogens with zero attached hydrogens (tertiary/aromatic N) is 4. The first-order chi connectivity index (χ1) is 20.3. The number of halogens is 6. The van der Waals surface area contributed by atoms with E-state index in [0.29, 0.717) is 18.4 Å². The maximum absolute atomic E-state index is 13.5. The fourth-order valence-electron chi connectivity index (χ4n) is 4.86. The number of benzene rings is 1.